The molecule has 2 aromatic carbocycles. The summed E-state index contributed by atoms with van der Waals surface area (Å²) in [6, 6.07) is 13.0. The predicted octanol–water partition coefficient (Wildman–Crippen LogP) is 4.10. The van der Waals surface area contributed by atoms with Crippen molar-refractivity contribution in [2.24, 2.45) is 0 Å². The minimum absolute atomic E-state index is 0.183. The van der Waals surface area contributed by atoms with Crippen LogP contribution >= 0.6 is 15.9 Å². The van der Waals surface area contributed by atoms with Gasteiger partial charge in [0.25, 0.3) is 5.89 Å². The van der Waals surface area contributed by atoms with E-state index in [1.807, 2.05) is 30.3 Å². The van der Waals surface area contributed by atoms with Gasteiger partial charge in [0.1, 0.15) is 5.75 Å². The molecule has 0 aliphatic rings. The SMILES string of the molecule is COc1ccc(-c2noc(COc3ccccc3Br)n2)cc1OC. The van der Waals surface area contributed by atoms with E-state index in [4.69, 9.17) is 18.7 Å². The largest absolute Gasteiger partial charge is 0.493 e. The Hall–Kier alpha value is -2.54. The molecule has 6 nitrogen and oxygen atoms in total. The molecule has 0 aliphatic carbocycles. The fourth-order valence-electron chi connectivity index (χ4n) is 2.11. The van der Waals surface area contributed by atoms with Gasteiger partial charge < -0.3 is 18.7 Å². The van der Waals surface area contributed by atoms with Gasteiger partial charge in [-0.15, -0.1) is 0 Å². The number of halogens is 1. The number of benzene rings is 2. The van der Waals surface area contributed by atoms with E-state index in [0.717, 1.165) is 10.0 Å². The molecule has 0 spiro atoms. The standard InChI is InChI=1S/C17H15BrN2O4/c1-21-14-8-7-11(9-15(14)22-2)17-19-16(24-20-17)10-23-13-6-4-3-5-12(13)18/h3-9H,10H2,1-2H3. The molecule has 0 aliphatic heterocycles. The summed E-state index contributed by atoms with van der Waals surface area (Å²) < 4.78 is 22.3. The maximum atomic E-state index is 5.67. The van der Waals surface area contributed by atoms with E-state index >= 15 is 0 Å². The minimum Gasteiger partial charge on any atom is -0.493 e. The summed E-state index contributed by atoms with van der Waals surface area (Å²) in [7, 11) is 3.16. The molecule has 1 heterocycles. The topological polar surface area (TPSA) is 66.6 Å². The monoisotopic (exact) mass is 390 g/mol. The maximum absolute atomic E-state index is 5.67. The van der Waals surface area contributed by atoms with Gasteiger partial charge >= 0.3 is 0 Å². The van der Waals surface area contributed by atoms with Gasteiger partial charge in [-0.2, -0.15) is 4.98 Å². The molecule has 0 saturated carbocycles. The zero-order valence-corrected chi connectivity index (χ0v) is 14.7. The van der Waals surface area contributed by atoms with Gasteiger partial charge in [0, 0.05) is 5.56 Å². The highest BCUT2D eigenvalue weighted by Crippen LogP contribution is 2.31. The molecule has 0 radical (unpaired) electrons. The van der Waals surface area contributed by atoms with Crippen LogP contribution in [0.5, 0.6) is 17.2 Å². The van der Waals surface area contributed by atoms with Gasteiger partial charge in [0.2, 0.25) is 5.82 Å². The molecular formula is C17H15BrN2O4. The van der Waals surface area contributed by atoms with Crippen LogP contribution in [0.2, 0.25) is 0 Å². The Bertz CT molecular complexity index is 835. The zero-order valence-electron chi connectivity index (χ0n) is 13.2. The van der Waals surface area contributed by atoms with Gasteiger partial charge in [-0.25, -0.2) is 0 Å². The number of hydrogen-bond acceptors (Lipinski definition) is 6. The van der Waals surface area contributed by atoms with E-state index in [-0.39, 0.29) is 6.61 Å². The van der Waals surface area contributed by atoms with Crippen molar-refractivity contribution >= 4 is 15.9 Å². The van der Waals surface area contributed by atoms with Crippen LogP contribution in [0.4, 0.5) is 0 Å². The number of aromatic nitrogens is 2. The molecule has 0 atom stereocenters. The first kappa shape index (κ1) is 16.3. The summed E-state index contributed by atoms with van der Waals surface area (Å²) in [4.78, 5) is 4.34. The van der Waals surface area contributed by atoms with Crippen molar-refractivity contribution in [3.63, 3.8) is 0 Å². The maximum Gasteiger partial charge on any atom is 0.264 e. The van der Waals surface area contributed by atoms with E-state index in [9.17, 15) is 0 Å². The predicted molar refractivity (Wildman–Crippen MR) is 91.3 cm³/mol. The third-order valence-electron chi connectivity index (χ3n) is 3.30. The van der Waals surface area contributed by atoms with Crippen LogP contribution in [-0.2, 0) is 6.61 Å². The Morgan fingerprint density at radius 3 is 2.54 bits per heavy atom. The van der Waals surface area contributed by atoms with Gasteiger partial charge in [-0.1, -0.05) is 17.3 Å². The first-order valence-electron chi connectivity index (χ1n) is 7.13. The first-order valence-corrected chi connectivity index (χ1v) is 7.93. The van der Waals surface area contributed by atoms with Crippen molar-refractivity contribution in [1.82, 2.24) is 10.1 Å². The second-order valence-corrected chi connectivity index (χ2v) is 5.65. The molecule has 0 amide bonds. The first-order chi connectivity index (χ1) is 11.7. The number of rotatable bonds is 6. The summed E-state index contributed by atoms with van der Waals surface area (Å²) in [6.07, 6.45) is 0. The molecular weight excluding hydrogens is 376 g/mol. The highest BCUT2D eigenvalue weighted by Gasteiger charge is 2.13. The quantitative estimate of drug-likeness (QED) is 0.631. The third kappa shape index (κ3) is 3.51. The Morgan fingerprint density at radius 2 is 1.79 bits per heavy atom. The molecule has 3 aromatic rings. The molecule has 0 saturated heterocycles. The average Bonchev–Trinajstić information content (AvgIpc) is 3.09. The number of para-hydroxylation sites is 1. The molecule has 0 N–H and O–H groups in total. The van der Waals surface area contributed by atoms with Crippen molar-refractivity contribution in [2.75, 3.05) is 14.2 Å². The average molecular weight is 391 g/mol. The van der Waals surface area contributed by atoms with Crippen molar-refractivity contribution in [2.45, 2.75) is 6.61 Å². The lowest BCUT2D eigenvalue weighted by atomic mass is 10.2. The second-order valence-electron chi connectivity index (χ2n) is 4.80. The van der Waals surface area contributed by atoms with Gasteiger partial charge in [0.05, 0.1) is 18.7 Å². The third-order valence-corrected chi connectivity index (χ3v) is 3.95. The lowest BCUT2D eigenvalue weighted by molar-refractivity contribution is 0.242. The number of methoxy groups -OCH3 is 2. The van der Waals surface area contributed by atoms with Crippen LogP contribution < -0.4 is 14.2 Å². The summed E-state index contributed by atoms with van der Waals surface area (Å²) in [5.41, 5.74) is 0.767. The van der Waals surface area contributed by atoms with Crippen molar-refractivity contribution in [3.8, 4) is 28.6 Å². The van der Waals surface area contributed by atoms with Crippen LogP contribution in [0.3, 0.4) is 0 Å². The Balaban J connectivity index is 1.75. The molecule has 7 heteroatoms. The molecule has 1 aromatic heterocycles. The lowest BCUT2D eigenvalue weighted by Crippen LogP contribution is -1.96. The van der Waals surface area contributed by atoms with E-state index in [1.54, 1.807) is 26.4 Å². The Labute approximate surface area is 147 Å². The van der Waals surface area contributed by atoms with E-state index in [0.29, 0.717) is 29.0 Å². The number of hydrogen-bond donors (Lipinski definition) is 0. The van der Waals surface area contributed by atoms with E-state index < -0.39 is 0 Å². The molecule has 0 unspecified atom stereocenters. The van der Waals surface area contributed by atoms with Gasteiger partial charge in [-0.3, -0.25) is 0 Å². The fraction of sp³-hybridized carbons (Fsp3) is 0.176. The van der Waals surface area contributed by atoms with Crippen LogP contribution in [0, 0.1) is 0 Å². The minimum atomic E-state index is 0.183. The Kier molecular flexibility index (Phi) is 5.00. The smallest absolute Gasteiger partial charge is 0.264 e. The zero-order chi connectivity index (χ0) is 16.9. The molecule has 0 bridgehead atoms. The van der Waals surface area contributed by atoms with E-state index in [2.05, 4.69) is 26.1 Å². The van der Waals surface area contributed by atoms with Crippen LogP contribution in [-0.4, -0.2) is 24.4 Å². The van der Waals surface area contributed by atoms with Crippen molar-refractivity contribution < 1.29 is 18.7 Å². The van der Waals surface area contributed by atoms with Crippen LogP contribution in [0.15, 0.2) is 51.5 Å². The highest BCUT2D eigenvalue weighted by atomic mass is 79.9. The van der Waals surface area contributed by atoms with Crippen LogP contribution in [0.1, 0.15) is 5.89 Å². The van der Waals surface area contributed by atoms with Gasteiger partial charge in [-0.05, 0) is 46.3 Å². The van der Waals surface area contributed by atoms with Crippen molar-refractivity contribution in [3.05, 3.63) is 52.8 Å². The van der Waals surface area contributed by atoms with Crippen molar-refractivity contribution in [1.29, 1.82) is 0 Å². The normalized spacial score (nSPS) is 10.5. The molecule has 24 heavy (non-hydrogen) atoms. The van der Waals surface area contributed by atoms with Gasteiger partial charge in [0.15, 0.2) is 18.1 Å². The molecule has 3 rings (SSSR count). The second kappa shape index (κ2) is 7.35. The summed E-state index contributed by atoms with van der Waals surface area (Å²) in [5, 5.41) is 3.98. The number of ether oxygens (including phenoxy) is 3. The fourth-order valence-corrected chi connectivity index (χ4v) is 2.51. The molecule has 124 valence electrons. The summed E-state index contributed by atoms with van der Waals surface area (Å²) in [5.74, 6) is 2.80. The lowest BCUT2D eigenvalue weighted by Gasteiger charge is -2.07. The number of nitrogens with zero attached hydrogens (tertiary/aromatic N) is 2. The molecule has 0 fully saturated rings. The highest BCUT2D eigenvalue weighted by molar-refractivity contribution is 9.10. The van der Waals surface area contributed by atoms with Crippen LogP contribution in [0.25, 0.3) is 11.4 Å². The summed E-state index contributed by atoms with van der Waals surface area (Å²) >= 11 is 3.42. The summed E-state index contributed by atoms with van der Waals surface area (Å²) in [6.45, 7) is 0.183. The van der Waals surface area contributed by atoms with E-state index in [1.165, 1.54) is 0 Å². The Morgan fingerprint density at radius 1 is 1.00 bits per heavy atom.